The van der Waals surface area contributed by atoms with Gasteiger partial charge in [0.05, 0.1) is 50.8 Å². The van der Waals surface area contributed by atoms with Crippen LogP contribution < -0.4 is 23.7 Å². The van der Waals surface area contributed by atoms with Crippen molar-refractivity contribution in [1.82, 2.24) is 0 Å². The van der Waals surface area contributed by atoms with E-state index in [0.717, 1.165) is 43.2 Å². The van der Waals surface area contributed by atoms with Crippen LogP contribution in [-0.2, 0) is 18.9 Å². The number of benzene rings is 3. The summed E-state index contributed by atoms with van der Waals surface area (Å²) in [6.07, 6.45) is -1.23. The molecule has 2 saturated heterocycles. The average molecular weight is 695 g/mol. The Bertz CT molecular complexity index is 1550. The molecule has 5 rings (SSSR count). The molecule has 0 aromatic heterocycles. The maximum atomic E-state index is 14.7. The zero-order valence-electron chi connectivity index (χ0n) is 27.1. The Balaban J connectivity index is 1.09. The minimum atomic E-state index is -3.03. The summed E-state index contributed by atoms with van der Waals surface area (Å²) in [5, 5.41) is 0. The molecule has 2 fully saturated rings. The van der Waals surface area contributed by atoms with Crippen LogP contribution in [-0.4, -0.2) is 66.0 Å². The van der Waals surface area contributed by atoms with Crippen LogP contribution in [0.1, 0.15) is 49.0 Å². The van der Waals surface area contributed by atoms with Gasteiger partial charge in [-0.15, -0.1) is 0 Å². The maximum Gasteiger partial charge on any atom is 0.346 e. The van der Waals surface area contributed by atoms with Gasteiger partial charge in [-0.25, -0.2) is 22.4 Å². The van der Waals surface area contributed by atoms with Gasteiger partial charge < -0.3 is 42.6 Å². The first-order chi connectivity index (χ1) is 23.6. The van der Waals surface area contributed by atoms with Crippen molar-refractivity contribution in [2.24, 2.45) is 10.8 Å². The molecule has 2 aliphatic heterocycles. The largest absolute Gasteiger partial charge is 0.467 e. The van der Waals surface area contributed by atoms with E-state index in [1.807, 2.05) is 6.92 Å². The molecule has 0 N–H and O–H groups in total. The van der Waals surface area contributed by atoms with Gasteiger partial charge in [0.25, 0.3) is 6.43 Å². The smallest absolute Gasteiger partial charge is 0.346 e. The standard InChI is InChI=1S/C35H38F4O10/c1-3-34(14-41-15-34)18-43-20-45-23-5-8-26(28(36)12-23)33(40)49-25-7-9-30(27(11-25)32(38)39)47-22-48-31-10-6-24(13-29(31)37)46-21-44-19-35(4-2)16-42-17-35/h5-13,32H,3-4,14-22H2,1-2H3. The van der Waals surface area contributed by atoms with Crippen LogP contribution in [0, 0.1) is 22.5 Å². The van der Waals surface area contributed by atoms with Crippen LogP contribution in [0.25, 0.3) is 0 Å². The third kappa shape index (κ3) is 9.32. The fourth-order valence-electron chi connectivity index (χ4n) is 4.95. The number of rotatable bonds is 19. The highest BCUT2D eigenvalue weighted by molar-refractivity contribution is 5.91. The van der Waals surface area contributed by atoms with E-state index in [1.165, 1.54) is 24.3 Å². The van der Waals surface area contributed by atoms with Gasteiger partial charge in [0.1, 0.15) is 28.8 Å². The molecular weight excluding hydrogens is 656 g/mol. The van der Waals surface area contributed by atoms with Gasteiger partial charge in [-0.3, -0.25) is 0 Å². The second-order valence-corrected chi connectivity index (χ2v) is 11.9. The van der Waals surface area contributed by atoms with E-state index in [4.69, 9.17) is 42.6 Å². The van der Waals surface area contributed by atoms with Crippen molar-refractivity contribution in [3.8, 4) is 28.7 Å². The van der Waals surface area contributed by atoms with Crippen LogP contribution in [0.3, 0.4) is 0 Å². The molecule has 3 aromatic rings. The molecule has 3 aromatic carbocycles. The lowest BCUT2D eigenvalue weighted by Crippen LogP contribution is -2.45. The van der Waals surface area contributed by atoms with Gasteiger partial charge >= 0.3 is 5.97 Å². The molecule has 2 aliphatic rings. The monoisotopic (exact) mass is 694 g/mol. The van der Waals surface area contributed by atoms with Gasteiger partial charge in [0, 0.05) is 23.0 Å². The molecule has 0 unspecified atom stereocenters. The Kier molecular flexibility index (Phi) is 12.2. The normalized spacial score (nSPS) is 16.0. The number of alkyl halides is 2. The van der Waals surface area contributed by atoms with Gasteiger partial charge in [-0.2, -0.15) is 0 Å². The quantitative estimate of drug-likeness (QED) is 0.0425. The van der Waals surface area contributed by atoms with Gasteiger partial charge in [0.2, 0.25) is 6.79 Å². The number of carbonyl (C=O) groups excluding carboxylic acids is 1. The van der Waals surface area contributed by atoms with Crippen LogP contribution in [0.15, 0.2) is 54.6 Å². The van der Waals surface area contributed by atoms with E-state index in [0.29, 0.717) is 39.6 Å². The Labute approximate surface area is 281 Å². The number of esters is 1. The van der Waals surface area contributed by atoms with Crippen LogP contribution in [0.4, 0.5) is 17.6 Å². The summed E-state index contributed by atoms with van der Waals surface area (Å²) in [6.45, 7) is 6.66. The van der Waals surface area contributed by atoms with E-state index in [1.54, 1.807) is 0 Å². The molecule has 0 radical (unpaired) electrons. The minimum absolute atomic E-state index is 0.00968. The lowest BCUT2D eigenvalue weighted by atomic mass is 9.84. The highest BCUT2D eigenvalue weighted by Gasteiger charge is 2.37. The molecular formula is C35H38F4O10. The summed E-state index contributed by atoms with van der Waals surface area (Å²) < 4.78 is 105. The number of halogens is 4. The first-order valence-electron chi connectivity index (χ1n) is 15.7. The molecule has 0 amide bonds. The number of carbonyl (C=O) groups is 1. The molecule has 0 spiro atoms. The summed E-state index contributed by atoms with van der Waals surface area (Å²) in [5.41, 5.74) is -1.10. The van der Waals surface area contributed by atoms with Gasteiger partial charge in [-0.1, -0.05) is 13.8 Å². The molecule has 0 atom stereocenters. The molecule has 266 valence electrons. The van der Waals surface area contributed by atoms with E-state index >= 15 is 0 Å². The topological polar surface area (TPSA) is 100 Å². The predicted molar refractivity (Wildman–Crippen MR) is 165 cm³/mol. The fourth-order valence-corrected chi connectivity index (χ4v) is 4.95. The predicted octanol–water partition coefficient (Wildman–Crippen LogP) is 7.10. The average Bonchev–Trinajstić information content (AvgIpc) is 3.05. The fraction of sp³-hybridized carbons (Fsp3) is 0.457. The maximum absolute atomic E-state index is 14.7. The lowest BCUT2D eigenvalue weighted by molar-refractivity contribution is -0.162. The van der Waals surface area contributed by atoms with Crippen molar-refractivity contribution in [1.29, 1.82) is 0 Å². The van der Waals surface area contributed by atoms with E-state index in [-0.39, 0.29) is 53.2 Å². The molecule has 10 nitrogen and oxygen atoms in total. The number of hydrogen-bond donors (Lipinski definition) is 0. The van der Waals surface area contributed by atoms with Crippen LogP contribution in [0.5, 0.6) is 28.7 Å². The summed E-state index contributed by atoms with van der Waals surface area (Å²) in [5.74, 6) is -3.24. The Morgan fingerprint density at radius 1 is 0.694 bits per heavy atom. The first kappa shape index (κ1) is 36.2. The zero-order chi connectivity index (χ0) is 34.9. The first-order valence-corrected chi connectivity index (χ1v) is 15.7. The summed E-state index contributed by atoms with van der Waals surface area (Å²) >= 11 is 0. The summed E-state index contributed by atoms with van der Waals surface area (Å²) in [6, 6.07) is 10.6. The molecule has 2 heterocycles. The third-order valence-corrected chi connectivity index (χ3v) is 8.49. The Morgan fingerprint density at radius 2 is 1.22 bits per heavy atom. The lowest BCUT2D eigenvalue weighted by Gasteiger charge is -2.40. The van der Waals surface area contributed by atoms with Crippen molar-refractivity contribution >= 4 is 5.97 Å². The van der Waals surface area contributed by atoms with Crippen molar-refractivity contribution < 1.29 is 65.0 Å². The Hall–Kier alpha value is -4.11. The summed E-state index contributed by atoms with van der Waals surface area (Å²) in [4.78, 5) is 12.6. The van der Waals surface area contributed by atoms with Crippen LogP contribution >= 0.6 is 0 Å². The molecule has 0 saturated carbocycles. The summed E-state index contributed by atoms with van der Waals surface area (Å²) in [7, 11) is 0. The highest BCUT2D eigenvalue weighted by Crippen LogP contribution is 2.34. The van der Waals surface area contributed by atoms with E-state index in [9.17, 15) is 22.4 Å². The van der Waals surface area contributed by atoms with Crippen molar-refractivity contribution in [2.45, 2.75) is 33.1 Å². The number of hydrogen-bond acceptors (Lipinski definition) is 10. The third-order valence-electron chi connectivity index (χ3n) is 8.49. The molecule has 14 heteroatoms. The van der Waals surface area contributed by atoms with Gasteiger partial charge in [0.15, 0.2) is 25.2 Å². The number of ether oxygens (including phenoxy) is 9. The molecule has 0 bridgehead atoms. The van der Waals surface area contributed by atoms with Gasteiger partial charge in [-0.05, 0) is 55.3 Å². The molecule has 0 aliphatic carbocycles. The Morgan fingerprint density at radius 3 is 1.73 bits per heavy atom. The molecule has 49 heavy (non-hydrogen) atoms. The zero-order valence-corrected chi connectivity index (χ0v) is 27.1. The highest BCUT2D eigenvalue weighted by atomic mass is 19.3. The van der Waals surface area contributed by atoms with Crippen molar-refractivity contribution in [2.75, 3.05) is 60.0 Å². The minimum Gasteiger partial charge on any atom is -0.467 e. The second kappa shape index (κ2) is 16.5. The SMILES string of the molecule is CCC1(COCOc2ccc(OCOc3ccc(OC(=O)c4ccc(OCOCC5(CC)COC5)cc4F)cc3C(F)F)c(F)c2)COC1. The second-order valence-electron chi connectivity index (χ2n) is 11.9. The van der Waals surface area contributed by atoms with Crippen LogP contribution in [0.2, 0.25) is 0 Å². The van der Waals surface area contributed by atoms with E-state index < -0.39 is 41.9 Å². The van der Waals surface area contributed by atoms with Crippen molar-refractivity contribution in [3.05, 3.63) is 77.4 Å². The van der Waals surface area contributed by atoms with Crippen molar-refractivity contribution in [3.63, 3.8) is 0 Å². The van der Waals surface area contributed by atoms with E-state index in [2.05, 4.69) is 6.92 Å².